The molecule has 0 aliphatic carbocycles. The number of rotatable bonds is 3. The Bertz CT molecular complexity index is 748. The summed E-state index contributed by atoms with van der Waals surface area (Å²) in [5.74, 6) is 1.29. The Hall–Kier alpha value is -1.56. The van der Waals surface area contributed by atoms with Crippen molar-refractivity contribution in [3.63, 3.8) is 0 Å². The fraction of sp³-hybridized carbons (Fsp3) is 0.389. The van der Waals surface area contributed by atoms with Gasteiger partial charge < -0.3 is 14.0 Å². The van der Waals surface area contributed by atoms with E-state index in [1.165, 1.54) is 0 Å². The first-order chi connectivity index (χ1) is 11.2. The fourth-order valence-electron chi connectivity index (χ4n) is 2.44. The van der Waals surface area contributed by atoms with Crippen LogP contribution in [0, 0.1) is 6.92 Å². The maximum atomic E-state index is 6.39. The van der Waals surface area contributed by atoms with Crippen LogP contribution in [0.3, 0.4) is 0 Å². The minimum Gasteiger partial charge on any atom is -0.456 e. The molecule has 4 nitrogen and oxygen atoms in total. The Labute approximate surface area is 148 Å². The third-order valence-electron chi connectivity index (χ3n) is 4.58. The zero-order chi connectivity index (χ0) is 17.5. The van der Waals surface area contributed by atoms with Gasteiger partial charge in [0, 0.05) is 18.0 Å². The monoisotopic (exact) mass is 345 g/mol. The average molecular weight is 346 g/mol. The van der Waals surface area contributed by atoms with E-state index in [0.717, 1.165) is 11.2 Å². The van der Waals surface area contributed by atoms with E-state index in [2.05, 4.69) is 4.98 Å². The Morgan fingerprint density at radius 3 is 2.29 bits per heavy atom. The maximum absolute atomic E-state index is 6.39. The molecule has 6 heteroatoms. The average Bonchev–Trinajstić information content (AvgIpc) is 2.70. The van der Waals surface area contributed by atoms with Crippen LogP contribution >= 0.6 is 11.6 Å². The molecule has 0 unspecified atom stereocenters. The van der Waals surface area contributed by atoms with Crippen molar-refractivity contribution in [2.75, 3.05) is 0 Å². The first-order valence-electron chi connectivity index (χ1n) is 7.93. The maximum Gasteiger partial charge on any atom is 0.494 e. The Morgan fingerprint density at radius 2 is 1.71 bits per heavy atom. The second-order valence-electron chi connectivity index (χ2n) is 7.01. The summed E-state index contributed by atoms with van der Waals surface area (Å²) in [5, 5.41) is 0.511. The number of nitrogens with zero attached hydrogens (tertiary/aromatic N) is 1. The van der Waals surface area contributed by atoms with Gasteiger partial charge in [0.25, 0.3) is 0 Å². The van der Waals surface area contributed by atoms with Crippen LogP contribution in [-0.4, -0.2) is 23.3 Å². The van der Waals surface area contributed by atoms with Gasteiger partial charge in [-0.25, -0.2) is 0 Å². The summed E-state index contributed by atoms with van der Waals surface area (Å²) in [6.45, 7) is 10.0. The normalized spacial score (nSPS) is 18.7. The molecule has 3 rings (SSSR count). The molecule has 1 saturated heterocycles. The van der Waals surface area contributed by atoms with Crippen molar-refractivity contribution < 1.29 is 14.0 Å². The van der Waals surface area contributed by atoms with Crippen LogP contribution in [0.5, 0.6) is 11.5 Å². The van der Waals surface area contributed by atoms with Gasteiger partial charge in [0.1, 0.15) is 11.5 Å². The van der Waals surface area contributed by atoms with Gasteiger partial charge in [-0.2, -0.15) is 0 Å². The molecule has 0 radical (unpaired) electrons. The third kappa shape index (κ3) is 3.29. The molecule has 2 aromatic rings. The number of hydrogen-bond acceptors (Lipinski definition) is 4. The SMILES string of the molecule is Cc1cc(Oc2ccc(B3OC(C)(C)C(C)(C)O3)cc2Cl)ccn1. The van der Waals surface area contributed by atoms with E-state index < -0.39 is 7.12 Å². The molecular formula is C18H21BClNO3. The van der Waals surface area contributed by atoms with Crippen LogP contribution < -0.4 is 10.2 Å². The molecule has 0 spiro atoms. The van der Waals surface area contributed by atoms with E-state index in [-0.39, 0.29) is 11.2 Å². The number of halogens is 1. The lowest BCUT2D eigenvalue weighted by Crippen LogP contribution is -2.41. The van der Waals surface area contributed by atoms with E-state index in [9.17, 15) is 0 Å². The van der Waals surface area contributed by atoms with Crippen molar-refractivity contribution in [2.45, 2.75) is 45.8 Å². The summed E-state index contributed by atoms with van der Waals surface area (Å²) in [7, 11) is -0.440. The zero-order valence-electron chi connectivity index (χ0n) is 14.6. The molecule has 0 saturated carbocycles. The molecule has 0 bridgehead atoms. The molecule has 0 amide bonds. The summed E-state index contributed by atoms with van der Waals surface area (Å²) < 4.78 is 17.9. The molecule has 1 aromatic heterocycles. The molecule has 126 valence electrons. The second kappa shape index (κ2) is 6.06. The highest BCUT2D eigenvalue weighted by molar-refractivity contribution is 6.62. The van der Waals surface area contributed by atoms with Crippen molar-refractivity contribution in [1.29, 1.82) is 0 Å². The van der Waals surface area contributed by atoms with Gasteiger partial charge in [-0.15, -0.1) is 0 Å². The number of ether oxygens (including phenoxy) is 1. The van der Waals surface area contributed by atoms with Crippen LogP contribution in [0.2, 0.25) is 5.02 Å². The van der Waals surface area contributed by atoms with Crippen LogP contribution in [0.15, 0.2) is 36.5 Å². The van der Waals surface area contributed by atoms with Gasteiger partial charge in [0.2, 0.25) is 0 Å². The highest BCUT2D eigenvalue weighted by Gasteiger charge is 2.51. The zero-order valence-corrected chi connectivity index (χ0v) is 15.3. The molecule has 1 aliphatic rings. The highest BCUT2D eigenvalue weighted by atomic mass is 35.5. The molecule has 24 heavy (non-hydrogen) atoms. The molecule has 1 fully saturated rings. The Morgan fingerprint density at radius 1 is 1.04 bits per heavy atom. The van der Waals surface area contributed by atoms with Crippen molar-refractivity contribution in [2.24, 2.45) is 0 Å². The third-order valence-corrected chi connectivity index (χ3v) is 4.87. The van der Waals surface area contributed by atoms with Gasteiger partial charge >= 0.3 is 7.12 Å². The van der Waals surface area contributed by atoms with Crippen LogP contribution in [0.25, 0.3) is 0 Å². The lowest BCUT2D eigenvalue weighted by molar-refractivity contribution is 0.00578. The molecule has 1 aromatic carbocycles. The van der Waals surface area contributed by atoms with Gasteiger partial charge in [-0.1, -0.05) is 17.7 Å². The first kappa shape index (κ1) is 17.3. The Kier molecular flexibility index (Phi) is 4.37. The summed E-state index contributed by atoms with van der Waals surface area (Å²) in [5.41, 5.74) is 0.997. The van der Waals surface area contributed by atoms with Crippen molar-refractivity contribution in [3.8, 4) is 11.5 Å². The van der Waals surface area contributed by atoms with Crippen LogP contribution in [-0.2, 0) is 9.31 Å². The number of hydrogen-bond donors (Lipinski definition) is 0. The van der Waals surface area contributed by atoms with Gasteiger partial charge in [0.15, 0.2) is 0 Å². The standard InChI is InChI=1S/C18H21BClNO3/c1-12-10-14(8-9-21-12)22-16-7-6-13(11-15(16)20)19-23-17(2,3)18(4,5)24-19/h6-11H,1-5H3. The quantitative estimate of drug-likeness (QED) is 0.784. The van der Waals surface area contributed by atoms with Crippen molar-refractivity contribution >= 4 is 24.2 Å². The largest absolute Gasteiger partial charge is 0.494 e. The summed E-state index contributed by atoms with van der Waals surface area (Å²) >= 11 is 6.39. The smallest absolute Gasteiger partial charge is 0.456 e. The van der Waals surface area contributed by atoms with Crippen molar-refractivity contribution in [1.82, 2.24) is 4.98 Å². The molecule has 1 aliphatic heterocycles. The second-order valence-corrected chi connectivity index (χ2v) is 7.42. The number of aromatic nitrogens is 1. The first-order valence-corrected chi connectivity index (χ1v) is 8.31. The number of aryl methyl sites for hydroxylation is 1. The Balaban J connectivity index is 1.81. The molecular weight excluding hydrogens is 324 g/mol. The van der Waals surface area contributed by atoms with Crippen LogP contribution in [0.4, 0.5) is 0 Å². The predicted molar refractivity (Wildman–Crippen MR) is 96.2 cm³/mol. The van der Waals surface area contributed by atoms with E-state index in [4.69, 9.17) is 25.6 Å². The molecule has 0 atom stereocenters. The minimum atomic E-state index is -0.440. The highest BCUT2D eigenvalue weighted by Crippen LogP contribution is 2.37. The topological polar surface area (TPSA) is 40.6 Å². The molecule has 2 heterocycles. The summed E-state index contributed by atoms with van der Waals surface area (Å²) in [6, 6.07) is 9.23. The number of pyridine rings is 1. The van der Waals surface area contributed by atoms with Gasteiger partial charge in [-0.3, -0.25) is 4.98 Å². The van der Waals surface area contributed by atoms with Gasteiger partial charge in [0.05, 0.1) is 16.2 Å². The lowest BCUT2D eigenvalue weighted by atomic mass is 9.79. The molecule has 0 N–H and O–H groups in total. The van der Waals surface area contributed by atoms with Crippen LogP contribution in [0.1, 0.15) is 33.4 Å². The van der Waals surface area contributed by atoms with E-state index in [0.29, 0.717) is 16.5 Å². The van der Waals surface area contributed by atoms with Crippen molar-refractivity contribution in [3.05, 3.63) is 47.2 Å². The van der Waals surface area contributed by atoms with E-state index in [1.807, 2.05) is 58.9 Å². The van der Waals surface area contributed by atoms with E-state index >= 15 is 0 Å². The van der Waals surface area contributed by atoms with E-state index in [1.54, 1.807) is 12.3 Å². The lowest BCUT2D eigenvalue weighted by Gasteiger charge is -2.32. The summed E-state index contributed by atoms with van der Waals surface area (Å²) in [6.07, 6.45) is 1.71. The minimum absolute atomic E-state index is 0.381. The summed E-state index contributed by atoms with van der Waals surface area (Å²) in [4.78, 5) is 4.15. The fourth-order valence-corrected chi connectivity index (χ4v) is 2.66. The predicted octanol–water partition coefficient (Wildman–Crippen LogP) is 4.13. The number of benzene rings is 1. The van der Waals surface area contributed by atoms with Gasteiger partial charge in [-0.05, 0) is 58.3 Å².